The maximum Gasteiger partial charge on any atom is 0.242 e. The standard InChI is InChI=1S/C22H29ClN2O3/c1-3-14-24(21(26)11-13-23)17-22(27)25(16-20-10-9-18(2)28-20)15-12-19-7-5-4-6-8-19/h4-10H,3,11-17H2,1-2H3. The Bertz CT molecular complexity index is 745. The minimum absolute atomic E-state index is 0.0675. The second-order valence-corrected chi connectivity index (χ2v) is 7.20. The number of rotatable bonds is 11. The number of benzene rings is 1. The van der Waals surface area contributed by atoms with Crippen molar-refractivity contribution in [3.8, 4) is 0 Å². The van der Waals surface area contributed by atoms with Gasteiger partial charge in [0.05, 0.1) is 13.1 Å². The highest BCUT2D eigenvalue weighted by molar-refractivity contribution is 6.18. The van der Waals surface area contributed by atoms with Gasteiger partial charge in [-0.25, -0.2) is 0 Å². The number of halogens is 1. The van der Waals surface area contributed by atoms with Gasteiger partial charge in [-0.05, 0) is 37.5 Å². The lowest BCUT2D eigenvalue weighted by atomic mass is 10.1. The predicted octanol–water partition coefficient (Wildman–Crippen LogP) is 4.03. The highest BCUT2D eigenvalue weighted by Gasteiger charge is 2.21. The molecule has 0 fully saturated rings. The van der Waals surface area contributed by atoms with Crippen LogP contribution in [0.1, 0.15) is 36.8 Å². The molecular weight excluding hydrogens is 376 g/mol. The first-order valence-corrected chi connectivity index (χ1v) is 10.3. The van der Waals surface area contributed by atoms with Crippen LogP contribution in [0.3, 0.4) is 0 Å². The first kappa shape index (κ1) is 22.0. The van der Waals surface area contributed by atoms with Gasteiger partial charge in [0.25, 0.3) is 0 Å². The molecule has 0 atom stereocenters. The number of carbonyl (C=O) groups is 2. The molecule has 0 spiro atoms. The quantitative estimate of drug-likeness (QED) is 0.531. The van der Waals surface area contributed by atoms with Crippen LogP contribution < -0.4 is 0 Å². The number of hydrogen-bond donors (Lipinski definition) is 0. The van der Waals surface area contributed by atoms with Crippen LogP contribution in [-0.4, -0.2) is 47.1 Å². The van der Waals surface area contributed by atoms with Crippen molar-refractivity contribution in [2.45, 2.75) is 39.7 Å². The second-order valence-electron chi connectivity index (χ2n) is 6.82. The van der Waals surface area contributed by atoms with Crippen LogP contribution in [0.4, 0.5) is 0 Å². The Morgan fingerprint density at radius 2 is 1.75 bits per heavy atom. The number of carbonyl (C=O) groups excluding carboxylic acids is 2. The fourth-order valence-electron chi connectivity index (χ4n) is 3.02. The zero-order chi connectivity index (χ0) is 20.4. The molecule has 6 heteroatoms. The molecule has 0 saturated carbocycles. The van der Waals surface area contributed by atoms with Crippen LogP contribution in [0, 0.1) is 6.92 Å². The molecule has 1 heterocycles. The lowest BCUT2D eigenvalue weighted by molar-refractivity contribution is -0.140. The van der Waals surface area contributed by atoms with Gasteiger partial charge >= 0.3 is 0 Å². The van der Waals surface area contributed by atoms with E-state index in [2.05, 4.69) is 0 Å². The molecule has 2 amide bonds. The zero-order valence-corrected chi connectivity index (χ0v) is 17.5. The third-order valence-corrected chi connectivity index (χ3v) is 4.68. The summed E-state index contributed by atoms with van der Waals surface area (Å²) in [4.78, 5) is 28.7. The van der Waals surface area contributed by atoms with Crippen molar-refractivity contribution < 1.29 is 14.0 Å². The third kappa shape index (κ3) is 7.04. The Balaban J connectivity index is 2.08. The maximum atomic E-state index is 13.0. The van der Waals surface area contributed by atoms with E-state index in [1.165, 1.54) is 5.56 Å². The van der Waals surface area contributed by atoms with E-state index in [4.69, 9.17) is 16.0 Å². The van der Waals surface area contributed by atoms with Gasteiger partial charge in [-0.2, -0.15) is 0 Å². The fraction of sp³-hybridized carbons (Fsp3) is 0.455. The van der Waals surface area contributed by atoms with Crippen molar-refractivity contribution in [2.24, 2.45) is 0 Å². The van der Waals surface area contributed by atoms with Crippen molar-refractivity contribution >= 4 is 23.4 Å². The van der Waals surface area contributed by atoms with Gasteiger partial charge in [0, 0.05) is 25.4 Å². The number of nitrogens with zero attached hydrogens (tertiary/aromatic N) is 2. The van der Waals surface area contributed by atoms with E-state index in [1.807, 2.05) is 56.3 Å². The summed E-state index contributed by atoms with van der Waals surface area (Å²) < 4.78 is 5.66. The van der Waals surface area contributed by atoms with Crippen molar-refractivity contribution in [1.82, 2.24) is 9.80 Å². The summed E-state index contributed by atoms with van der Waals surface area (Å²) >= 11 is 5.71. The van der Waals surface area contributed by atoms with Gasteiger partial charge in [0.15, 0.2) is 0 Å². The first-order valence-electron chi connectivity index (χ1n) is 9.74. The average Bonchev–Trinajstić information content (AvgIpc) is 3.10. The lowest BCUT2D eigenvalue weighted by Crippen LogP contribution is -2.43. The van der Waals surface area contributed by atoms with Crippen LogP contribution in [-0.2, 0) is 22.6 Å². The lowest BCUT2D eigenvalue weighted by Gasteiger charge is -2.27. The summed E-state index contributed by atoms with van der Waals surface area (Å²) in [5.41, 5.74) is 1.17. The third-order valence-electron chi connectivity index (χ3n) is 4.49. The Morgan fingerprint density at radius 1 is 1.00 bits per heavy atom. The van der Waals surface area contributed by atoms with E-state index >= 15 is 0 Å². The molecule has 0 aliphatic carbocycles. The predicted molar refractivity (Wildman–Crippen MR) is 111 cm³/mol. The molecule has 5 nitrogen and oxygen atoms in total. The highest BCUT2D eigenvalue weighted by Crippen LogP contribution is 2.12. The number of furan rings is 1. The summed E-state index contributed by atoms with van der Waals surface area (Å²) in [5, 5.41) is 0. The van der Waals surface area contributed by atoms with Crippen molar-refractivity contribution in [1.29, 1.82) is 0 Å². The normalized spacial score (nSPS) is 10.7. The fourth-order valence-corrected chi connectivity index (χ4v) is 3.18. The van der Waals surface area contributed by atoms with E-state index in [1.54, 1.807) is 9.80 Å². The Labute approximate surface area is 172 Å². The molecule has 0 N–H and O–H groups in total. The van der Waals surface area contributed by atoms with Crippen molar-refractivity contribution in [2.75, 3.05) is 25.5 Å². The second kappa shape index (κ2) is 11.5. The van der Waals surface area contributed by atoms with Gasteiger partial charge in [0.2, 0.25) is 11.8 Å². The molecule has 0 unspecified atom stereocenters. The first-order chi connectivity index (χ1) is 13.5. The van der Waals surface area contributed by atoms with Crippen molar-refractivity contribution in [3.63, 3.8) is 0 Å². The summed E-state index contributed by atoms with van der Waals surface area (Å²) in [6.07, 6.45) is 1.79. The van der Waals surface area contributed by atoms with Crippen molar-refractivity contribution in [3.05, 3.63) is 59.5 Å². The molecule has 28 heavy (non-hydrogen) atoms. The monoisotopic (exact) mass is 404 g/mol. The summed E-state index contributed by atoms with van der Waals surface area (Å²) in [5.74, 6) is 1.66. The van der Waals surface area contributed by atoms with E-state index in [-0.39, 0.29) is 30.7 Å². The van der Waals surface area contributed by atoms with Gasteiger partial charge in [-0.1, -0.05) is 37.3 Å². The number of hydrogen-bond acceptors (Lipinski definition) is 3. The number of aryl methyl sites for hydroxylation is 1. The van der Waals surface area contributed by atoms with E-state index < -0.39 is 0 Å². The van der Waals surface area contributed by atoms with Crippen LogP contribution in [0.25, 0.3) is 0 Å². The summed E-state index contributed by atoms with van der Waals surface area (Å²) in [6.45, 7) is 5.44. The van der Waals surface area contributed by atoms with E-state index in [0.29, 0.717) is 19.6 Å². The molecule has 152 valence electrons. The molecular formula is C22H29ClN2O3. The smallest absolute Gasteiger partial charge is 0.242 e. The molecule has 0 bridgehead atoms. The topological polar surface area (TPSA) is 53.8 Å². The van der Waals surface area contributed by atoms with Gasteiger partial charge < -0.3 is 14.2 Å². The molecule has 2 aromatic rings. The van der Waals surface area contributed by atoms with E-state index in [9.17, 15) is 9.59 Å². The minimum Gasteiger partial charge on any atom is -0.464 e. The number of amides is 2. The summed E-state index contributed by atoms with van der Waals surface area (Å²) in [7, 11) is 0. The molecule has 0 aliphatic heterocycles. The average molecular weight is 405 g/mol. The Hall–Kier alpha value is -2.27. The zero-order valence-electron chi connectivity index (χ0n) is 16.7. The van der Waals surface area contributed by atoms with Crippen LogP contribution in [0.2, 0.25) is 0 Å². The largest absolute Gasteiger partial charge is 0.464 e. The highest BCUT2D eigenvalue weighted by atomic mass is 35.5. The Morgan fingerprint density at radius 3 is 2.36 bits per heavy atom. The number of alkyl halides is 1. The minimum atomic E-state index is -0.0821. The van der Waals surface area contributed by atoms with Gasteiger partial charge in [-0.15, -0.1) is 11.6 Å². The SMILES string of the molecule is CCCN(CC(=O)N(CCc1ccccc1)Cc1ccc(C)o1)C(=O)CCCl. The molecule has 0 radical (unpaired) electrons. The van der Waals surface area contributed by atoms with Gasteiger partial charge in [0.1, 0.15) is 11.5 Å². The Kier molecular flexibility index (Phi) is 9.08. The molecule has 2 rings (SSSR count). The molecule has 0 saturated heterocycles. The van der Waals surface area contributed by atoms with Crippen LogP contribution in [0.5, 0.6) is 0 Å². The molecule has 0 aliphatic rings. The molecule has 1 aromatic carbocycles. The molecule has 1 aromatic heterocycles. The summed E-state index contributed by atoms with van der Waals surface area (Å²) in [6, 6.07) is 13.8. The van der Waals surface area contributed by atoms with Crippen LogP contribution in [0.15, 0.2) is 46.9 Å². The van der Waals surface area contributed by atoms with Gasteiger partial charge in [-0.3, -0.25) is 9.59 Å². The van der Waals surface area contributed by atoms with E-state index in [0.717, 1.165) is 24.4 Å². The van der Waals surface area contributed by atoms with Crippen LogP contribution >= 0.6 is 11.6 Å². The maximum absolute atomic E-state index is 13.0.